The first kappa shape index (κ1) is 14.8. The fourth-order valence-corrected chi connectivity index (χ4v) is 4.02. The topological polar surface area (TPSA) is 86.3 Å². The van der Waals surface area contributed by atoms with E-state index < -0.39 is 17.8 Å². The zero-order valence-electron chi connectivity index (χ0n) is 12.4. The van der Waals surface area contributed by atoms with E-state index in [2.05, 4.69) is 5.32 Å². The minimum Gasteiger partial charge on any atom is -0.550 e. The number of hydrogen-bond acceptors (Lipinski definition) is 4. The summed E-state index contributed by atoms with van der Waals surface area (Å²) in [5.74, 6) is -2.36. The largest absolute Gasteiger partial charge is 0.550 e. The van der Waals surface area contributed by atoms with E-state index in [1.807, 2.05) is 0 Å². The molecule has 0 heterocycles. The first-order chi connectivity index (χ1) is 10.5. The van der Waals surface area contributed by atoms with Crippen LogP contribution in [0.3, 0.4) is 0 Å². The SMILES string of the molecule is CC(=O)c1ccc(NC(=O)[C@@H]2[C@H]3CC[C@@H](C3)[C@H]2C(=O)[O-])cc1. The number of amides is 1. The number of anilines is 1. The van der Waals surface area contributed by atoms with Gasteiger partial charge in [0.1, 0.15) is 0 Å². The van der Waals surface area contributed by atoms with Crippen molar-refractivity contribution >= 4 is 23.3 Å². The summed E-state index contributed by atoms with van der Waals surface area (Å²) in [6.07, 6.45) is 2.59. The van der Waals surface area contributed by atoms with Crippen LogP contribution in [-0.4, -0.2) is 17.7 Å². The normalized spacial score (nSPS) is 29.3. The molecule has 4 atom stereocenters. The smallest absolute Gasteiger partial charge is 0.228 e. The molecule has 116 valence electrons. The van der Waals surface area contributed by atoms with E-state index in [4.69, 9.17) is 0 Å². The zero-order valence-corrected chi connectivity index (χ0v) is 12.4. The van der Waals surface area contributed by atoms with Crippen LogP contribution in [0.1, 0.15) is 36.5 Å². The highest BCUT2D eigenvalue weighted by Gasteiger charge is 2.51. The molecule has 0 saturated heterocycles. The minimum atomic E-state index is -1.11. The number of aliphatic carboxylic acids is 1. The van der Waals surface area contributed by atoms with Gasteiger partial charge in [0.2, 0.25) is 5.91 Å². The van der Waals surface area contributed by atoms with Crippen LogP contribution in [-0.2, 0) is 9.59 Å². The minimum absolute atomic E-state index is 0.0389. The van der Waals surface area contributed by atoms with Gasteiger partial charge in [0.15, 0.2) is 5.78 Å². The summed E-state index contributed by atoms with van der Waals surface area (Å²) in [4.78, 5) is 35.1. The number of benzene rings is 1. The fraction of sp³-hybridized carbons (Fsp3) is 0.471. The highest BCUT2D eigenvalue weighted by Crippen LogP contribution is 2.52. The monoisotopic (exact) mass is 300 g/mol. The molecule has 2 bridgehead atoms. The lowest BCUT2D eigenvalue weighted by molar-refractivity contribution is -0.314. The van der Waals surface area contributed by atoms with E-state index in [9.17, 15) is 19.5 Å². The van der Waals surface area contributed by atoms with Crippen molar-refractivity contribution in [3.63, 3.8) is 0 Å². The summed E-state index contributed by atoms with van der Waals surface area (Å²) < 4.78 is 0. The zero-order chi connectivity index (χ0) is 15.9. The highest BCUT2D eigenvalue weighted by atomic mass is 16.4. The molecule has 1 amide bonds. The third-order valence-corrected chi connectivity index (χ3v) is 5.05. The number of carboxylic acid groups (broad SMARTS) is 1. The average molecular weight is 300 g/mol. The Kier molecular flexibility index (Phi) is 3.72. The molecule has 1 N–H and O–H groups in total. The predicted molar refractivity (Wildman–Crippen MR) is 77.9 cm³/mol. The van der Waals surface area contributed by atoms with Crippen molar-refractivity contribution in [3.8, 4) is 0 Å². The van der Waals surface area contributed by atoms with E-state index in [1.165, 1.54) is 6.92 Å². The molecule has 2 saturated carbocycles. The van der Waals surface area contributed by atoms with Crippen LogP contribution >= 0.6 is 0 Å². The lowest BCUT2D eigenvalue weighted by atomic mass is 9.78. The molecular weight excluding hydrogens is 282 g/mol. The summed E-state index contributed by atoms with van der Waals surface area (Å²) in [5, 5.41) is 14.1. The number of fused-ring (bicyclic) bond motifs is 2. The number of carbonyl (C=O) groups is 3. The lowest BCUT2D eigenvalue weighted by Gasteiger charge is -2.30. The average Bonchev–Trinajstić information content (AvgIpc) is 3.08. The van der Waals surface area contributed by atoms with Crippen molar-refractivity contribution in [2.24, 2.45) is 23.7 Å². The maximum absolute atomic E-state index is 12.5. The summed E-state index contributed by atoms with van der Waals surface area (Å²) >= 11 is 0. The maximum Gasteiger partial charge on any atom is 0.228 e. The first-order valence-corrected chi connectivity index (χ1v) is 7.60. The molecule has 2 aliphatic carbocycles. The van der Waals surface area contributed by atoms with Gasteiger partial charge in [-0.15, -0.1) is 0 Å². The molecule has 0 spiro atoms. The summed E-state index contributed by atoms with van der Waals surface area (Å²) in [6, 6.07) is 6.62. The van der Waals surface area contributed by atoms with Gasteiger partial charge < -0.3 is 15.2 Å². The van der Waals surface area contributed by atoms with E-state index in [-0.39, 0.29) is 23.5 Å². The second kappa shape index (κ2) is 5.55. The van der Waals surface area contributed by atoms with Gasteiger partial charge in [0.25, 0.3) is 0 Å². The first-order valence-electron chi connectivity index (χ1n) is 7.60. The molecule has 1 aromatic carbocycles. The third-order valence-electron chi connectivity index (χ3n) is 5.05. The fourth-order valence-electron chi connectivity index (χ4n) is 4.02. The number of ketones is 1. The van der Waals surface area contributed by atoms with Gasteiger partial charge in [-0.2, -0.15) is 0 Å². The Morgan fingerprint density at radius 2 is 1.64 bits per heavy atom. The maximum atomic E-state index is 12.5. The van der Waals surface area contributed by atoms with E-state index >= 15 is 0 Å². The van der Waals surface area contributed by atoms with E-state index in [0.717, 1.165) is 19.3 Å². The Bertz CT molecular complexity index is 622. The van der Waals surface area contributed by atoms with Crippen molar-refractivity contribution in [1.29, 1.82) is 0 Å². The van der Waals surface area contributed by atoms with E-state index in [0.29, 0.717) is 11.3 Å². The second-order valence-electron chi connectivity index (χ2n) is 6.33. The molecule has 0 unspecified atom stereocenters. The molecule has 1 aromatic rings. The molecule has 5 nitrogen and oxygen atoms in total. The Balaban J connectivity index is 1.73. The highest BCUT2D eigenvalue weighted by molar-refractivity contribution is 5.97. The van der Waals surface area contributed by atoms with Crippen molar-refractivity contribution in [2.75, 3.05) is 5.32 Å². The van der Waals surface area contributed by atoms with Crippen molar-refractivity contribution < 1.29 is 19.5 Å². The Morgan fingerprint density at radius 3 is 2.18 bits per heavy atom. The van der Waals surface area contributed by atoms with Gasteiger partial charge in [0, 0.05) is 29.1 Å². The number of carboxylic acids is 1. The molecule has 3 rings (SSSR count). The molecular formula is C17H18NO4-. The van der Waals surface area contributed by atoms with Gasteiger partial charge in [-0.05, 0) is 62.3 Å². The van der Waals surface area contributed by atoms with Gasteiger partial charge in [-0.25, -0.2) is 0 Å². The second-order valence-corrected chi connectivity index (χ2v) is 6.33. The summed E-state index contributed by atoms with van der Waals surface area (Å²) in [5.41, 5.74) is 1.15. The molecule has 5 heteroatoms. The molecule has 0 aliphatic heterocycles. The van der Waals surface area contributed by atoms with Crippen LogP contribution in [0.5, 0.6) is 0 Å². The Hall–Kier alpha value is -2.17. The quantitative estimate of drug-likeness (QED) is 0.848. The number of rotatable bonds is 4. The van der Waals surface area contributed by atoms with Crippen LogP contribution in [0.2, 0.25) is 0 Å². The van der Waals surface area contributed by atoms with Crippen molar-refractivity contribution in [1.82, 2.24) is 0 Å². The number of Topliss-reactive ketones (excluding diaryl/α,β-unsaturated/α-hetero) is 1. The van der Waals surface area contributed by atoms with Gasteiger partial charge in [-0.3, -0.25) is 9.59 Å². The van der Waals surface area contributed by atoms with Gasteiger partial charge >= 0.3 is 0 Å². The summed E-state index contributed by atoms with van der Waals surface area (Å²) in [7, 11) is 0. The van der Waals surface area contributed by atoms with Crippen LogP contribution in [0, 0.1) is 23.7 Å². The standard InChI is InChI=1S/C17H19NO4/c1-9(19)10-4-6-13(7-5-10)18-16(20)14-11-2-3-12(8-11)15(14)17(21)22/h4-7,11-12,14-15H,2-3,8H2,1H3,(H,18,20)(H,21,22)/p-1/t11-,12-,14+,15+/m0/s1. The summed E-state index contributed by atoms with van der Waals surface area (Å²) in [6.45, 7) is 1.48. The van der Waals surface area contributed by atoms with Crippen molar-refractivity contribution in [2.45, 2.75) is 26.2 Å². The molecule has 22 heavy (non-hydrogen) atoms. The van der Waals surface area contributed by atoms with Gasteiger partial charge in [-0.1, -0.05) is 0 Å². The van der Waals surface area contributed by atoms with Crippen LogP contribution < -0.4 is 10.4 Å². The predicted octanol–water partition coefficient (Wildman–Crippen LogP) is 1.24. The molecule has 0 aromatic heterocycles. The lowest BCUT2D eigenvalue weighted by Crippen LogP contribution is -2.43. The van der Waals surface area contributed by atoms with Crippen LogP contribution in [0.4, 0.5) is 5.69 Å². The van der Waals surface area contributed by atoms with Crippen LogP contribution in [0.25, 0.3) is 0 Å². The number of nitrogens with one attached hydrogen (secondary N) is 1. The number of carbonyl (C=O) groups excluding carboxylic acids is 3. The molecule has 0 radical (unpaired) electrons. The van der Waals surface area contributed by atoms with Crippen LogP contribution in [0.15, 0.2) is 24.3 Å². The third kappa shape index (κ3) is 2.51. The van der Waals surface area contributed by atoms with Gasteiger partial charge in [0.05, 0.1) is 0 Å². The molecule has 2 aliphatic rings. The van der Waals surface area contributed by atoms with E-state index in [1.54, 1.807) is 24.3 Å². The Labute approximate surface area is 128 Å². The molecule has 2 fully saturated rings. The number of hydrogen-bond donors (Lipinski definition) is 1. The van der Waals surface area contributed by atoms with Crippen molar-refractivity contribution in [3.05, 3.63) is 29.8 Å². The Morgan fingerprint density at radius 1 is 1.05 bits per heavy atom.